The number of nitrogens with zero attached hydrogens (tertiary/aromatic N) is 2. The summed E-state index contributed by atoms with van der Waals surface area (Å²) in [5.74, 6) is -2.33. The number of sulfone groups is 1. The molecule has 1 fully saturated rings. The third-order valence-corrected chi connectivity index (χ3v) is 5.61. The van der Waals surface area contributed by atoms with Gasteiger partial charge in [0, 0.05) is 30.3 Å². The van der Waals surface area contributed by atoms with Crippen LogP contribution in [0, 0.1) is 10.1 Å². The Labute approximate surface area is 143 Å². The molecule has 1 unspecified atom stereocenters. The molecule has 2 rings (SSSR count). The summed E-state index contributed by atoms with van der Waals surface area (Å²) in [5, 5.41) is 20.1. The van der Waals surface area contributed by atoms with Crippen LogP contribution in [0.2, 0.25) is 0 Å². The van der Waals surface area contributed by atoms with Crippen molar-refractivity contribution in [2.45, 2.75) is 12.5 Å². The molecule has 1 amide bonds. The fraction of sp³-hybridized carbons (Fsp3) is 0.333. The Balaban J connectivity index is 2.43. The molecule has 0 saturated carbocycles. The van der Waals surface area contributed by atoms with Crippen LogP contribution in [0.5, 0.6) is 0 Å². The maximum atomic E-state index is 12.8. The number of benzene rings is 1. The second-order valence-electron chi connectivity index (χ2n) is 5.63. The monoisotopic (exact) mass is 368 g/mol. The maximum Gasteiger partial charge on any atom is 0.335 e. The SMILES string of the molecule is C=CCN(C(=O)c1cc(C(=O)O)cc([N+](=O)[O-])c1)C1CCS(=O)(=O)C1. The number of rotatable bonds is 6. The number of carboxylic acids is 1. The molecule has 1 N–H and O–H groups in total. The first-order valence-corrected chi connectivity index (χ1v) is 9.12. The van der Waals surface area contributed by atoms with E-state index in [1.165, 1.54) is 11.0 Å². The quantitative estimate of drug-likeness (QED) is 0.451. The lowest BCUT2D eigenvalue weighted by Gasteiger charge is -2.27. The average molecular weight is 368 g/mol. The van der Waals surface area contributed by atoms with Gasteiger partial charge < -0.3 is 10.0 Å². The Morgan fingerprint density at radius 1 is 1.36 bits per heavy atom. The second-order valence-corrected chi connectivity index (χ2v) is 7.86. The minimum atomic E-state index is -3.25. The van der Waals surface area contributed by atoms with Crippen molar-refractivity contribution in [1.82, 2.24) is 4.90 Å². The Morgan fingerprint density at radius 2 is 2.00 bits per heavy atom. The second kappa shape index (κ2) is 7.01. The number of nitro benzene ring substituents is 1. The number of hydrogen-bond acceptors (Lipinski definition) is 6. The lowest BCUT2D eigenvalue weighted by molar-refractivity contribution is -0.384. The molecule has 1 aliphatic rings. The van der Waals surface area contributed by atoms with E-state index in [0.717, 1.165) is 18.2 Å². The van der Waals surface area contributed by atoms with Gasteiger partial charge in [-0.1, -0.05) is 6.08 Å². The molecule has 0 spiro atoms. The third kappa shape index (κ3) is 4.21. The van der Waals surface area contributed by atoms with Crippen molar-refractivity contribution in [3.8, 4) is 0 Å². The van der Waals surface area contributed by atoms with Gasteiger partial charge in [-0.05, 0) is 12.5 Å². The van der Waals surface area contributed by atoms with Gasteiger partial charge in [-0.15, -0.1) is 6.58 Å². The van der Waals surface area contributed by atoms with Gasteiger partial charge in [-0.3, -0.25) is 14.9 Å². The molecule has 1 aromatic rings. The molecule has 0 radical (unpaired) electrons. The summed E-state index contributed by atoms with van der Waals surface area (Å²) < 4.78 is 23.3. The van der Waals surface area contributed by atoms with Crippen LogP contribution < -0.4 is 0 Å². The molecular weight excluding hydrogens is 352 g/mol. The number of carboxylic acid groups (broad SMARTS) is 1. The third-order valence-electron chi connectivity index (χ3n) is 3.86. The lowest BCUT2D eigenvalue weighted by atomic mass is 10.1. The number of aromatic carboxylic acids is 1. The number of carbonyl (C=O) groups is 2. The van der Waals surface area contributed by atoms with Crippen molar-refractivity contribution in [2.24, 2.45) is 0 Å². The van der Waals surface area contributed by atoms with Crippen LogP contribution in [0.3, 0.4) is 0 Å². The van der Waals surface area contributed by atoms with Gasteiger partial charge in [-0.25, -0.2) is 13.2 Å². The molecule has 1 aliphatic heterocycles. The highest BCUT2D eigenvalue weighted by Crippen LogP contribution is 2.23. The maximum absolute atomic E-state index is 12.8. The highest BCUT2D eigenvalue weighted by Gasteiger charge is 2.35. The van der Waals surface area contributed by atoms with Crippen molar-refractivity contribution in [3.05, 3.63) is 52.1 Å². The van der Waals surface area contributed by atoms with Crippen LogP contribution >= 0.6 is 0 Å². The van der Waals surface area contributed by atoms with Gasteiger partial charge in [0.2, 0.25) is 0 Å². The highest BCUT2D eigenvalue weighted by molar-refractivity contribution is 7.91. The van der Waals surface area contributed by atoms with Crippen LogP contribution in [0.4, 0.5) is 5.69 Å². The van der Waals surface area contributed by atoms with E-state index in [4.69, 9.17) is 5.11 Å². The molecule has 25 heavy (non-hydrogen) atoms. The van der Waals surface area contributed by atoms with E-state index in [-0.39, 0.29) is 30.0 Å². The van der Waals surface area contributed by atoms with Crippen LogP contribution in [-0.4, -0.2) is 59.3 Å². The van der Waals surface area contributed by atoms with Gasteiger partial charge in [0.1, 0.15) is 0 Å². The number of non-ortho nitro benzene ring substituents is 1. The summed E-state index contributed by atoms with van der Waals surface area (Å²) in [5.41, 5.74) is -1.10. The minimum absolute atomic E-state index is 0.0458. The zero-order chi connectivity index (χ0) is 18.8. The van der Waals surface area contributed by atoms with Gasteiger partial charge >= 0.3 is 5.97 Å². The summed E-state index contributed by atoms with van der Waals surface area (Å²) in [6, 6.07) is 2.30. The Morgan fingerprint density at radius 3 is 2.48 bits per heavy atom. The fourth-order valence-corrected chi connectivity index (χ4v) is 4.42. The molecule has 0 bridgehead atoms. The zero-order valence-corrected chi connectivity index (χ0v) is 13.9. The normalized spacial score (nSPS) is 18.5. The summed E-state index contributed by atoms with van der Waals surface area (Å²) in [6.07, 6.45) is 1.67. The summed E-state index contributed by atoms with van der Waals surface area (Å²) in [7, 11) is -3.25. The number of carbonyl (C=O) groups excluding carboxylic acids is 1. The molecular formula is C15H16N2O7S. The summed E-state index contributed by atoms with van der Waals surface area (Å²) >= 11 is 0. The molecule has 0 aromatic heterocycles. The Bertz CT molecular complexity index is 815. The van der Waals surface area contributed by atoms with Gasteiger partial charge in [0.25, 0.3) is 11.6 Å². The summed E-state index contributed by atoms with van der Waals surface area (Å²) in [6.45, 7) is 3.58. The minimum Gasteiger partial charge on any atom is -0.478 e. The zero-order valence-electron chi connectivity index (χ0n) is 13.1. The fourth-order valence-electron chi connectivity index (χ4n) is 2.69. The predicted octanol–water partition coefficient (Wildman–Crippen LogP) is 1.11. The lowest BCUT2D eigenvalue weighted by Crippen LogP contribution is -2.41. The predicted molar refractivity (Wildman–Crippen MR) is 88.3 cm³/mol. The van der Waals surface area contributed by atoms with E-state index >= 15 is 0 Å². The van der Waals surface area contributed by atoms with Crippen LogP contribution in [-0.2, 0) is 9.84 Å². The molecule has 1 atom stereocenters. The first kappa shape index (κ1) is 18.6. The van der Waals surface area contributed by atoms with E-state index in [2.05, 4.69) is 6.58 Å². The van der Waals surface area contributed by atoms with Crippen LogP contribution in [0.25, 0.3) is 0 Å². The molecule has 1 saturated heterocycles. The number of amides is 1. The largest absolute Gasteiger partial charge is 0.478 e. The molecule has 134 valence electrons. The van der Waals surface area contributed by atoms with Crippen molar-refractivity contribution in [1.29, 1.82) is 0 Å². The van der Waals surface area contributed by atoms with Gasteiger partial charge in [0.05, 0.1) is 22.0 Å². The van der Waals surface area contributed by atoms with Crippen LogP contribution in [0.15, 0.2) is 30.9 Å². The molecule has 10 heteroatoms. The van der Waals surface area contributed by atoms with Crippen molar-refractivity contribution in [3.63, 3.8) is 0 Å². The average Bonchev–Trinajstić information content (AvgIpc) is 2.91. The first-order chi connectivity index (χ1) is 11.6. The van der Waals surface area contributed by atoms with E-state index in [1.54, 1.807) is 0 Å². The Hall–Kier alpha value is -2.75. The smallest absolute Gasteiger partial charge is 0.335 e. The van der Waals surface area contributed by atoms with Crippen molar-refractivity contribution >= 4 is 27.4 Å². The topological polar surface area (TPSA) is 135 Å². The van der Waals surface area contributed by atoms with Gasteiger partial charge in [0.15, 0.2) is 9.84 Å². The van der Waals surface area contributed by atoms with E-state index < -0.39 is 43.9 Å². The molecule has 1 aromatic carbocycles. The van der Waals surface area contributed by atoms with Gasteiger partial charge in [-0.2, -0.15) is 0 Å². The molecule has 0 aliphatic carbocycles. The van der Waals surface area contributed by atoms with Crippen molar-refractivity contribution < 1.29 is 28.0 Å². The van der Waals surface area contributed by atoms with E-state index in [1.807, 2.05) is 0 Å². The Kier molecular flexibility index (Phi) is 5.21. The number of nitro groups is 1. The molecule has 9 nitrogen and oxygen atoms in total. The highest BCUT2D eigenvalue weighted by atomic mass is 32.2. The standard InChI is InChI=1S/C15H16N2O7S/c1-2-4-16(12-3-5-25(23,24)9-12)14(18)10-6-11(15(19)20)8-13(7-10)17(21)22/h2,6-8,12H,1,3-5,9H2,(H,19,20). The molecule has 1 heterocycles. The van der Waals surface area contributed by atoms with Crippen molar-refractivity contribution in [2.75, 3.05) is 18.1 Å². The summed E-state index contributed by atoms with van der Waals surface area (Å²) in [4.78, 5) is 35.3. The van der Waals surface area contributed by atoms with E-state index in [0.29, 0.717) is 0 Å². The first-order valence-electron chi connectivity index (χ1n) is 7.29. The van der Waals surface area contributed by atoms with Crippen LogP contribution in [0.1, 0.15) is 27.1 Å². The number of hydrogen-bond donors (Lipinski definition) is 1. The van der Waals surface area contributed by atoms with E-state index in [9.17, 15) is 28.1 Å².